The van der Waals surface area contributed by atoms with E-state index < -0.39 is 0 Å². The Morgan fingerprint density at radius 1 is 1.31 bits per heavy atom. The molecule has 0 bridgehead atoms. The number of benzene rings is 1. The lowest BCUT2D eigenvalue weighted by Gasteiger charge is -2.28. The standard InChI is InChI=1S/C23H30N4O2/c1-14(2)29-13-21(28)27(5)16-7-6-15-10-19(24-18(15)11-16)22-17-8-9-23(3,4)12-20(17)25-26-22/h6-7,10-11,14,24H,8-9,12-13H2,1-5H3,(H,25,26). The first kappa shape index (κ1) is 19.7. The van der Waals surface area contributed by atoms with E-state index in [-0.39, 0.29) is 18.6 Å². The molecule has 0 saturated carbocycles. The molecule has 4 rings (SSSR count). The average Bonchev–Trinajstić information content (AvgIpc) is 3.26. The van der Waals surface area contributed by atoms with Crippen LogP contribution in [0.2, 0.25) is 0 Å². The molecule has 0 atom stereocenters. The Balaban J connectivity index is 1.60. The van der Waals surface area contributed by atoms with Gasteiger partial charge in [0.15, 0.2) is 0 Å². The maximum Gasteiger partial charge on any atom is 0.252 e. The molecule has 2 N–H and O–H groups in total. The molecule has 0 fully saturated rings. The first-order chi connectivity index (χ1) is 13.7. The second kappa shape index (κ2) is 7.34. The van der Waals surface area contributed by atoms with Crippen LogP contribution in [0, 0.1) is 5.41 Å². The monoisotopic (exact) mass is 394 g/mol. The van der Waals surface area contributed by atoms with Crippen molar-refractivity contribution in [3.63, 3.8) is 0 Å². The summed E-state index contributed by atoms with van der Waals surface area (Å²) in [4.78, 5) is 17.5. The van der Waals surface area contributed by atoms with Crippen molar-refractivity contribution in [1.82, 2.24) is 15.2 Å². The lowest BCUT2D eigenvalue weighted by atomic mass is 9.76. The molecule has 154 valence electrons. The van der Waals surface area contributed by atoms with Crippen molar-refractivity contribution in [2.75, 3.05) is 18.6 Å². The van der Waals surface area contributed by atoms with Crippen LogP contribution in [0.1, 0.15) is 45.4 Å². The van der Waals surface area contributed by atoms with E-state index in [1.807, 2.05) is 32.0 Å². The summed E-state index contributed by atoms with van der Waals surface area (Å²) in [5.74, 6) is -0.0613. The quantitative estimate of drug-likeness (QED) is 0.671. The second-order valence-electron chi connectivity index (χ2n) is 9.14. The number of hydrogen-bond acceptors (Lipinski definition) is 3. The molecule has 1 aliphatic rings. The number of carbonyl (C=O) groups excluding carboxylic acids is 1. The highest BCUT2D eigenvalue weighted by atomic mass is 16.5. The van der Waals surface area contributed by atoms with Crippen LogP contribution in [0.4, 0.5) is 5.69 Å². The maximum atomic E-state index is 12.4. The van der Waals surface area contributed by atoms with E-state index in [9.17, 15) is 4.79 Å². The van der Waals surface area contributed by atoms with Gasteiger partial charge in [-0.2, -0.15) is 5.10 Å². The van der Waals surface area contributed by atoms with Crippen LogP contribution < -0.4 is 4.90 Å². The van der Waals surface area contributed by atoms with Crippen LogP contribution in [0.15, 0.2) is 24.3 Å². The van der Waals surface area contributed by atoms with Crippen LogP contribution in [-0.4, -0.2) is 40.8 Å². The molecule has 1 aliphatic carbocycles. The number of nitrogens with zero attached hydrogens (tertiary/aromatic N) is 2. The van der Waals surface area contributed by atoms with Gasteiger partial charge in [-0.25, -0.2) is 0 Å². The average molecular weight is 395 g/mol. The number of carbonyl (C=O) groups is 1. The summed E-state index contributed by atoms with van der Waals surface area (Å²) in [5.41, 5.74) is 6.78. The van der Waals surface area contributed by atoms with Crippen LogP contribution in [-0.2, 0) is 22.4 Å². The van der Waals surface area contributed by atoms with Gasteiger partial charge in [-0.1, -0.05) is 19.9 Å². The predicted octanol–water partition coefficient (Wildman–Crippen LogP) is 4.46. The van der Waals surface area contributed by atoms with Gasteiger partial charge in [-0.3, -0.25) is 9.89 Å². The third-order valence-corrected chi connectivity index (χ3v) is 5.82. The van der Waals surface area contributed by atoms with Gasteiger partial charge in [0, 0.05) is 34.9 Å². The summed E-state index contributed by atoms with van der Waals surface area (Å²) < 4.78 is 5.44. The lowest BCUT2D eigenvalue weighted by molar-refractivity contribution is -0.124. The van der Waals surface area contributed by atoms with Crippen molar-refractivity contribution in [3.8, 4) is 11.4 Å². The van der Waals surface area contributed by atoms with Crippen LogP contribution in [0.3, 0.4) is 0 Å². The molecule has 3 aromatic rings. The number of likely N-dealkylation sites (N-methyl/N-ethyl adjacent to an activating group) is 1. The summed E-state index contributed by atoms with van der Waals surface area (Å²) >= 11 is 0. The van der Waals surface area contributed by atoms with Gasteiger partial charge in [-0.15, -0.1) is 0 Å². The molecular weight excluding hydrogens is 364 g/mol. The molecule has 0 unspecified atom stereocenters. The molecule has 2 aromatic heterocycles. The Morgan fingerprint density at radius 3 is 2.86 bits per heavy atom. The number of nitrogens with one attached hydrogen (secondary N) is 2. The van der Waals surface area contributed by atoms with E-state index in [1.165, 1.54) is 17.7 Å². The number of fused-ring (bicyclic) bond motifs is 2. The van der Waals surface area contributed by atoms with Crippen molar-refractivity contribution >= 4 is 22.5 Å². The van der Waals surface area contributed by atoms with Crippen LogP contribution in [0.5, 0.6) is 0 Å². The third-order valence-electron chi connectivity index (χ3n) is 5.82. The van der Waals surface area contributed by atoms with Gasteiger partial charge >= 0.3 is 0 Å². The molecule has 6 nitrogen and oxygen atoms in total. The summed E-state index contributed by atoms with van der Waals surface area (Å²) in [5, 5.41) is 8.98. The van der Waals surface area contributed by atoms with Gasteiger partial charge in [0.25, 0.3) is 5.91 Å². The molecule has 29 heavy (non-hydrogen) atoms. The fraction of sp³-hybridized carbons (Fsp3) is 0.478. The molecule has 0 saturated heterocycles. The largest absolute Gasteiger partial charge is 0.369 e. The Bertz CT molecular complexity index is 1040. The summed E-state index contributed by atoms with van der Waals surface area (Å²) in [6.07, 6.45) is 3.28. The predicted molar refractivity (Wildman–Crippen MR) is 116 cm³/mol. The van der Waals surface area contributed by atoms with E-state index in [1.54, 1.807) is 11.9 Å². The molecule has 0 spiro atoms. The van der Waals surface area contributed by atoms with Gasteiger partial charge in [0.2, 0.25) is 0 Å². The van der Waals surface area contributed by atoms with Gasteiger partial charge in [0.05, 0.1) is 11.8 Å². The van der Waals surface area contributed by atoms with Crippen molar-refractivity contribution in [3.05, 3.63) is 35.5 Å². The summed E-state index contributed by atoms with van der Waals surface area (Å²) in [6, 6.07) is 8.16. The van der Waals surface area contributed by atoms with Crippen LogP contribution >= 0.6 is 0 Å². The number of H-pyrrole nitrogens is 2. The number of aromatic nitrogens is 3. The SMILES string of the molecule is CC(C)OCC(=O)N(C)c1ccc2cc(-c3n[nH]c4c3CCC(C)(C)C4)[nH]c2c1. The van der Waals surface area contributed by atoms with Crippen LogP contribution in [0.25, 0.3) is 22.3 Å². The summed E-state index contributed by atoms with van der Waals surface area (Å²) in [6.45, 7) is 8.55. The number of aromatic amines is 2. The fourth-order valence-corrected chi connectivity index (χ4v) is 4.00. The minimum atomic E-state index is -0.0613. The zero-order valence-electron chi connectivity index (χ0n) is 17.9. The molecule has 0 radical (unpaired) electrons. The zero-order valence-corrected chi connectivity index (χ0v) is 17.9. The zero-order chi connectivity index (χ0) is 20.8. The highest BCUT2D eigenvalue weighted by Crippen LogP contribution is 2.38. The number of anilines is 1. The molecule has 0 aliphatic heterocycles. The summed E-state index contributed by atoms with van der Waals surface area (Å²) in [7, 11) is 1.78. The van der Waals surface area contributed by atoms with E-state index in [4.69, 9.17) is 4.74 Å². The third kappa shape index (κ3) is 3.94. The molecule has 1 aromatic carbocycles. The topological polar surface area (TPSA) is 74.0 Å². The van der Waals surface area contributed by atoms with Crippen molar-refractivity contribution < 1.29 is 9.53 Å². The number of ether oxygens (including phenoxy) is 1. The molecular formula is C23H30N4O2. The first-order valence-corrected chi connectivity index (χ1v) is 10.3. The van der Waals surface area contributed by atoms with E-state index in [0.29, 0.717) is 5.41 Å². The normalized spacial score (nSPS) is 15.7. The Labute approximate surface area is 171 Å². The second-order valence-corrected chi connectivity index (χ2v) is 9.14. The van der Waals surface area contributed by atoms with E-state index >= 15 is 0 Å². The minimum Gasteiger partial charge on any atom is -0.369 e. The Morgan fingerprint density at radius 2 is 2.10 bits per heavy atom. The lowest BCUT2D eigenvalue weighted by Crippen LogP contribution is -2.31. The van der Waals surface area contributed by atoms with Crippen molar-refractivity contribution in [2.24, 2.45) is 5.41 Å². The Hall–Kier alpha value is -2.60. The van der Waals surface area contributed by atoms with E-state index in [2.05, 4.69) is 35.1 Å². The minimum absolute atomic E-state index is 0.0335. The molecule has 1 amide bonds. The van der Waals surface area contributed by atoms with Crippen molar-refractivity contribution in [2.45, 2.75) is 53.1 Å². The number of amides is 1. The maximum absolute atomic E-state index is 12.4. The van der Waals surface area contributed by atoms with Crippen molar-refractivity contribution in [1.29, 1.82) is 0 Å². The number of hydrogen-bond donors (Lipinski definition) is 2. The fourth-order valence-electron chi connectivity index (χ4n) is 4.00. The van der Waals surface area contributed by atoms with Gasteiger partial charge in [-0.05, 0) is 56.7 Å². The number of rotatable bonds is 5. The molecule has 2 heterocycles. The first-order valence-electron chi connectivity index (χ1n) is 10.3. The van der Waals surface area contributed by atoms with Gasteiger partial charge in [0.1, 0.15) is 12.3 Å². The Kier molecular flexibility index (Phi) is 4.99. The smallest absolute Gasteiger partial charge is 0.252 e. The van der Waals surface area contributed by atoms with Gasteiger partial charge < -0.3 is 14.6 Å². The highest BCUT2D eigenvalue weighted by Gasteiger charge is 2.29. The highest BCUT2D eigenvalue weighted by molar-refractivity contribution is 5.97. The van der Waals surface area contributed by atoms with E-state index in [0.717, 1.165) is 40.8 Å². The molecule has 6 heteroatoms.